The number of ketones is 1. The maximum atomic E-state index is 11.7. The van der Waals surface area contributed by atoms with Gasteiger partial charge in [0.25, 0.3) is 0 Å². The second kappa shape index (κ2) is 8.52. The summed E-state index contributed by atoms with van der Waals surface area (Å²) in [5.41, 5.74) is 1.96. The van der Waals surface area contributed by atoms with Crippen LogP contribution in [0, 0.1) is 6.92 Å². The molecule has 0 aliphatic carbocycles. The van der Waals surface area contributed by atoms with Crippen molar-refractivity contribution in [1.82, 2.24) is 0 Å². The van der Waals surface area contributed by atoms with Crippen molar-refractivity contribution in [3.63, 3.8) is 0 Å². The highest BCUT2D eigenvalue weighted by molar-refractivity contribution is 5.89. The molecule has 0 aromatic heterocycles. The zero-order valence-electron chi connectivity index (χ0n) is 12.0. The largest absolute Gasteiger partial charge is 0.508 e. The number of carbonyl (C=O) groups is 1. The first kappa shape index (κ1) is 15.5. The molecule has 0 heterocycles. The first-order chi connectivity index (χ1) is 9.13. The Morgan fingerprint density at radius 2 is 2.11 bits per heavy atom. The molecule has 2 nitrogen and oxygen atoms in total. The smallest absolute Gasteiger partial charge is 0.155 e. The van der Waals surface area contributed by atoms with Crippen LogP contribution in [0.3, 0.4) is 0 Å². The van der Waals surface area contributed by atoms with E-state index < -0.39 is 0 Å². The first-order valence-electron chi connectivity index (χ1n) is 7.11. The van der Waals surface area contributed by atoms with Gasteiger partial charge in [-0.15, -0.1) is 0 Å². The van der Waals surface area contributed by atoms with Gasteiger partial charge in [-0.1, -0.05) is 38.0 Å². The van der Waals surface area contributed by atoms with E-state index in [1.54, 1.807) is 12.1 Å². The molecule has 0 amide bonds. The van der Waals surface area contributed by atoms with Crippen LogP contribution < -0.4 is 0 Å². The lowest BCUT2D eigenvalue weighted by atomic mass is 10.0. The number of phenols is 1. The van der Waals surface area contributed by atoms with Crippen molar-refractivity contribution in [1.29, 1.82) is 0 Å². The third-order valence-corrected chi connectivity index (χ3v) is 3.20. The summed E-state index contributed by atoms with van der Waals surface area (Å²) in [6.07, 6.45) is 9.57. The van der Waals surface area contributed by atoms with E-state index in [-0.39, 0.29) is 5.78 Å². The van der Waals surface area contributed by atoms with E-state index in [1.165, 1.54) is 12.8 Å². The lowest BCUT2D eigenvalue weighted by Crippen LogP contribution is -1.96. The van der Waals surface area contributed by atoms with Crippen molar-refractivity contribution in [2.75, 3.05) is 0 Å². The van der Waals surface area contributed by atoms with E-state index in [0.29, 0.717) is 12.2 Å². The van der Waals surface area contributed by atoms with Crippen LogP contribution in [0.4, 0.5) is 0 Å². The maximum Gasteiger partial charge on any atom is 0.155 e. The molecule has 0 fully saturated rings. The Bertz CT molecular complexity index is 433. The number of aryl methyl sites for hydroxylation is 2. The van der Waals surface area contributed by atoms with Crippen LogP contribution in [0.15, 0.2) is 30.4 Å². The lowest BCUT2D eigenvalue weighted by Gasteiger charge is -2.03. The number of phenolic OH excluding ortho intramolecular Hbond substituents is 1. The predicted octanol–water partition coefficient (Wildman–Crippen LogP) is 4.34. The molecular formula is C17H24O2. The molecule has 1 aromatic carbocycles. The van der Waals surface area contributed by atoms with E-state index in [9.17, 15) is 9.90 Å². The van der Waals surface area contributed by atoms with Gasteiger partial charge in [0.15, 0.2) is 5.78 Å². The Labute approximate surface area is 116 Å². The van der Waals surface area contributed by atoms with Crippen LogP contribution in [0.25, 0.3) is 0 Å². The molecule has 0 saturated carbocycles. The molecule has 2 heteroatoms. The fraction of sp³-hybridized carbons (Fsp3) is 0.471. The van der Waals surface area contributed by atoms with Crippen LogP contribution in [-0.2, 0) is 11.2 Å². The number of hydrogen-bond donors (Lipinski definition) is 1. The quantitative estimate of drug-likeness (QED) is 0.557. The number of unbranched alkanes of at least 4 members (excludes halogenated alkanes) is 3. The van der Waals surface area contributed by atoms with Crippen molar-refractivity contribution in [2.24, 2.45) is 0 Å². The summed E-state index contributed by atoms with van der Waals surface area (Å²) in [6, 6.07) is 5.50. The zero-order chi connectivity index (χ0) is 14.1. The van der Waals surface area contributed by atoms with Crippen molar-refractivity contribution < 1.29 is 9.90 Å². The van der Waals surface area contributed by atoms with Crippen molar-refractivity contribution in [2.45, 2.75) is 52.4 Å². The summed E-state index contributed by atoms with van der Waals surface area (Å²) in [7, 11) is 0. The average molecular weight is 260 g/mol. The summed E-state index contributed by atoms with van der Waals surface area (Å²) in [5.74, 6) is 0.494. The van der Waals surface area contributed by atoms with Gasteiger partial charge in [-0.2, -0.15) is 0 Å². The molecule has 0 aliphatic rings. The summed E-state index contributed by atoms with van der Waals surface area (Å²) in [5, 5.41) is 9.43. The topological polar surface area (TPSA) is 37.3 Å². The van der Waals surface area contributed by atoms with Crippen molar-refractivity contribution >= 4 is 5.78 Å². The molecule has 0 spiro atoms. The van der Waals surface area contributed by atoms with E-state index in [1.807, 2.05) is 25.1 Å². The molecule has 0 atom stereocenters. The monoisotopic (exact) mass is 260 g/mol. The molecule has 0 radical (unpaired) electrons. The molecule has 0 saturated heterocycles. The Kier molecular flexibility index (Phi) is 6.94. The minimum atomic E-state index is 0.183. The van der Waals surface area contributed by atoms with E-state index >= 15 is 0 Å². The van der Waals surface area contributed by atoms with Crippen molar-refractivity contribution in [3.8, 4) is 5.75 Å². The van der Waals surface area contributed by atoms with Gasteiger partial charge < -0.3 is 5.11 Å². The number of hydrogen-bond acceptors (Lipinski definition) is 2. The lowest BCUT2D eigenvalue weighted by molar-refractivity contribution is -0.114. The minimum Gasteiger partial charge on any atom is -0.508 e. The van der Waals surface area contributed by atoms with E-state index in [0.717, 1.165) is 30.4 Å². The Balaban J connectivity index is 2.31. The Morgan fingerprint density at radius 1 is 1.32 bits per heavy atom. The van der Waals surface area contributed by atoms with Gasteiger partial charge in [0.1, 0.15) is 5.75 Å². The van der Waals surface area contributed by atoms with Gasteiger partial charge >= 0.3 is 0 Å². The standard InChI is InChI=1S/C17H24O2/c1-3-4-5-6-7-8-16(18)11-9-15-10-12-17(19)14(2)13-15/h7-8,10,12-13,19H,3-6,9,11H2,1-2H3/b8-7+. The normalized spacial score (nSPS) is 11.1. The molecule has 0 unspecified atom stereocenters. The number of rotatable bonds is 8. The van der Waals surface area contributed by atoms with Crippen LogP contribution in [0.1, 0.15) is 50.2 Å². The predicted molar refractivity (Wildman–Crippen MR) is 79.5 cm³/mol. The molecular weight excluding hydrogens is 236 g/mol. The molecule has 1 N–H and O–H groups in total. The number of benzene rings is 1. The Morgan fingerprint density at radius 3 is 2.79 bits per heavy atom. The highest BCUT2D eigenvalue weighted by Crippen LogP contribution is 2.17. The van der Waals surface area contributed by atoms with Gasteiger partial charge in [0.05, 0.1) is 0 Å². The summed E-state index contributed by atoms with van der Waals surface area (Å²) in [4.78, 5) is 11.7. The van der Waals surface area contributed by atoms with E-state index in [4.69, 9.17) is 0 Å². The highest BCUT2D eigenvalue weighted by atomic mass is 16.3. The SMILES string of the molecule is CCCCC/C=C/C(=O)CCc1ccc(O)c(C)c1. The van der Waals surface area contributed by atoms with Crippen LogP contribution in [0.5, 0.6) is 5.75 Å². The van der Waals surface area contributed by atoms with Crippen LogP contribution >= 0.6 is 0 Å². The summed E-state index contributed by atoms with van der Waals surface area (Å²) in [6.45, 7) is 4.04. The Hall–Kier alpha value is -1.57. The number of carbonyl (C=O) groups excluding carboxylic acids is 1. The van der Waals surface area contributed by atoms with Gasteiger partial charge in [0, 0.05) is 6.42 Å². The third-order valence-electron chi connectivity index (χ3n) is 3.20. The molecule has 19 heavy (non-hydrogen) atoms. The van der Waals surface area contributed by atoms with Crippen molar-refractivity contribution in [3.05, 3.63) is 41.5 Å². The second-order valence-electron chi connectivity index (χ2n) is 4.99. The van der Waals surface area contributed by atoms with Gasteiger partial charge in [-0.05, 0) is 49.5 Å². The van der Waals surface area contributed by atoms with Gasteiger partial charge in [-0.3, -0.25) is 4.79 Å². The average Bonchev–Trinajstić information content (AvgIpc) is 2.40. The van der Waals surface area contributed by atoms with Crippen LogP contribution in [0.2, 0.25) is 0 Å². The highest BCUT2D eigenvalue weighted by Gasteiger charge is 2.01. The number of aromatic hydroxyl groups is 1. The fourth-order valence-corrected chi connectivity index (χ4v) is 1.95. The molecule has 1 aromatic rings. The first-order valence-corrected chi connectivity index (χ1v) is 7.11. The second-order valence-corrected chi connectivity index (χ2v) is 4.99. The summed E-state index contributed by atoms with van der Waals surface area (Å²) >= 11 is 0. The summed E-state index contributed by atoms with van der Waals surface area (Å²) < 4.78 is 0. The maximum absolute atomic E-state index is 11.7. The minimum absolute atomic E-state index is 0.183. The van der Waals surface area contributed by atoms with E-state index in [2.05, 4.69) is 6.92 Å². The number of allylic oxidation sites excluding steroid dienone is 2. The molecule has 0 bridgehead atoms. The van der Waals surface area contributed by atoms with Gasteiger partial charge in [0.2, 0.25) is 0 Å². The fourth-order valence-electron chi connectivity index (χ4n) is 1.95. The molecule has 0 aliphatic heterocycles. The van der Waals surface area contributed by atoms with Gasteiger partial charge in [-0.25, -0.2) is 0 Å². The van der Waals surface area contributed by atoms with Crippen LogP contribution in [-0.4, -0.2) is 10.9 Å². The zero-order valence-corrected chi connectivity index (χ0v) is 12.0. The third kappa shape index (κ3) is 6.23. The molecule has 104 valence electrons. The molecule has 1 rings (SSSR count).